The molecular weight excluding hydrogens is 240 g/mol. The molecule has 0 radical (unpaired) electrons. The van der Waals surface area contributed by atoms with Crippen LogP contribution in [0.5, 0.6) is 0 Å². The van der Waals surface area contributed by atoms with Crippen LogP contribution < -0.4 is 5.32 Å². The maximum absolute atomic E-state index is 12.1. The molecule has 0 saturated carbocycles. The predicted molar refractivity (Wildman–Crippen MR) is 72.8 cm³/mol. The van der Waals surface area contributed by atoms with Crippen LogP contribution in [0.1, 0.15) is 21.7 Å². The van der Waals surface area contributed by atoms with Crippen molar-refractivity contribution in [2.24, 2.45) is 7.05 Å². The molecule has 3 rings (SSSR count). The highest BCUT2D eigenvalue weighted by Crippen LogP contribution is 2.24. The van der Waals surface area contributed by atoms with Crippen molar-refractivity contribution in [1.82, 2.24) is 14.5 Å². The van der Waals surface area contributed by atoms with Gasteiger partial charge in [-0.15, -0.1) is 0 Å². The van der Waals surface area contributed by atoms with E-state index in [4.69, 9.17) is 0 Å². The smallest absolute Gasteiger partial charge is 0.291 e. The second kappa shape index (κ2) is 4.51. The Hall–Kier alpha value is -2.14. The molecule has 0 aliphatic carbocycles. The molecule has 2 aromatic rings. The minimum absolute atomic E-state index is 0.182. The normalized spacial score (nSPS) is 14.4. The van der Waals surface area contributed by atoms with E-state index >= 15 is 0 Å². The molecule has 2 heterocycles. The monoisotopic (exact) mass is 256 g/mol. The van der Waals surface area contributed by atoms with Gasteiger partial charge in [-0.1, -0.05) is 6.07 Å². The van der Waals surface area contributed by atoms with Gasteiger partial charge in [0.05, 0.1) is 0 Å². The van der Waals surface area contributed by atoms with Gasteiger partial charge in [0.15, 0.2) is 5.82 Å². The van der Waals surface area contributed by atoms with Gasteiger partial charge >= 0.3 is 0 Å². The van der Waals surface area contributed by atoms with Crippen molar-refractivity contribution in [3.05, 3.63) is 47.5 Å². The lowest BCUT2D eigenvalue weighted by molar-refractivity contribution is 0.101. The molecule has 0 fully saturated rings. The number of hydrogen-bond donors (Lipinski definition) is 1. The Morgan fingerprint density at radius 3 is 2.79 bits per heavy atom. The van der Waals surface area contributed by atoms with E-state index in [1.807, 2.05) is 12.1 Å². The lowest BCUT2D eigenvalue weighted by Crippen LogP contribution is -2.16. The number of imidazole rings is 1. The number of nitrogens with zero attached hydrogens (tertiary/aromatic N) is 3. The Bertz CT molecular complexity index is 632. The molecular formula is C14H16N4O. The van der Waals surface area contributed by atoms with Gasteiger partial charge < -0.3 is 9.88 Å². The second-order valence-electron chi connectivity index (χ2n) is 4.97. The van der Waals surface area contributed by atoms with Gasteiger partial charge in [-0.25, -0.2) is 4.98 Å². The predicted octanol–water partition coefficient (Wildman–Crippen LogP) is 1.62. The summed E-state index contributed by atoms with van der Waals surface area (Å²) in [5.74, 6) is 0.233. The lowest BCUT2D eigenvalue weighted by atomic mass is 10.1. The van der Waals surface area contributed by atoms with E-state index in [-0.39, 0.29) is 5.91 Å². The number of carbonyl (C=O) groups excluding carboxylic acids is 1. The zero-order valence-corrected chi connectivity index (χ0v) is 11.1. The van der Waals surface area contributed by atoms with Crippen LogP contribution in [0, 0.1) is 0 Å². The van der Waals surface area contributed by atoms with E-state index < -0.39 is 0 Å². The van der Waals surface area contributed by atoms with Gasteiger partial charge in [-0.3, -0.25) is 9.69 Å². The van der Waals surface area contributed by atoms with Crippen LogP contribution >= 0.6 is 0 Å². The number of carbonyl (C=O) groups is 1. The quantitative estimate of drug-likeness (QED) is 0.888. The first kappa shape index (κ1) is 11.9. The molecule has 5 heteroatoms. The number of fused-ring (bicyclic) bond motifs is 1. The summed E-state index contributed by atoms with van der Waals surface area (Å²) in [5, 5.41) is 2.89. The van der Waals surface area contributed by atoms with Crippen LogP contribution in [0.3, 0.4) is 0 Å². The third-order valence-corrected chi connectivity index (χ3v) is 3.37. The summed E-state index contributed by atoms with van der Waals surface area (Å²) >= 11 is 0. The van der Waals surface area contributed by atoms with Crippen molar-refractivity contribution < 1.29 is 4.79 Å². The van der Waals surface area contributed by atoms with Gasteiger partial charge in [0.1, 0.15) is 0 Å². The Morgan fingerprint density at radius 1 is 1.26 bits per heavy atom. The van der Waals surface area contributed by atoms with Crippen LogP contribution in [0.4, 0.5) is 5.69 Å². The van der Waals surface area contributed by atoms with Crippen LogP contribution in [-0.2, 0) is 20.1 Å². The fraction of sp³-hybridized carbons (Fsp3) is 0.286. The fourth-order valence-electron chi connectivity index (χ4n) is 2.41. The lowest BCUT2D eigenvalue weighted by Gasteiger charge is -2.07. The minimum atomic E-state index is -0.182. The molecule has 1 aromatic carbocycles. The van der Waals surface area contributed by atoms with Crippen molar-refractivity contribution in [1.29, 1.82) is 0 Å². The SMILES string of the molecule is CN1Cc2ccc(NC(=O)c3nccn3C)cc2C1. The van der Waals surface area contributed by atoms with Crippen LogP contribution in [0.15, 0.2) is 30.6 Å². The highest BCUT2D eigenvalue weighted by atomic mass is 16.2. The maximum atomic E-state index is 12.1. The summed E-state index contributed by atoms with van der Waals surface area (Å²) in [4.78, 5) is 18.3. The first-order valence-electron chi connectivity index (χ1n) is 6.22. The summed E-state index contributed by atoms with van der Waals surface area (Å²) in [6.07, 6.45) is 3.37. The van der Waals surface area contributed by atoms with E-state index in [1.54, 1.807) is 24.0 Å². The molecule has 0 saturated heterocycles. The molecule has 0 bridgehead atoms. The number of nitrogens with one attached hydrogen (secondary N) is 1. The topological polar surface area (TPSA) is 50.2 Å². The first-order chi connectivity index (χ1) is 9.13. The molecule has 1 aromatic heterocycles. The number of aromatic nitrogens is 2. The fourth-order valence-corrected chi connectivity index (χ4v) is 2.41. The summed E-state index contributed by atoms with van der Waals surface area (Å²) in [6, 6.07) is 6.06. The van der Waals surface area contributed by atoms with E-state index in [2.05, 4.69) is 28.3 Å². The maximum Gasteiger partial charge on any atom is 0.291 e. The molecule has 1 aliphatic rings. The summed E-state index contributed by atoms with van der Waals surface area (Å²) < 4.78 is 1.70. The van der Waals surface area contributed by atoms with Gasteiger partial charge in [-0.2, -0.15) is 0 Å². The Kier molecular flexibility index (Phi) is 2.83. The van der Waals surface area contributed by atoms with Crippen LogP contribution in [0.25, 0.3) is 0 Å². The van der Waals surface area contributed by atoms with Crippen molar-refractivity contribution in [2.45, 2.75) is 13.1 Å². The summed E-state index contributed by atoms with van der Waals surface area (Å²) in [7, 11) is 3.89. The van der Waals surface area contributed by atoms with Crippen molar-refractivity contribution >= 4 is 11.6 Å². The van der Waals surface area contributed by atoms with E-state index in [9.17, 15) is 4.79 Å². The summed E-state index contributed by atoms with van der Waals surface area (Å²) in [6.45, 7) is 1.91. The second-order valence-corrected chi connectivity index (χ2v) is 4.97. The summed E-state index contributed by atoms with van der Waals surface area (Å²) in [5.41, 5.74) is 3.43. The number of hydrogen-bond acceptors (Lipinski definition) is 3. The number of benzene rings is 1. The zero-order valence-electron chi connectivity index (χ0n) is 11.1. The Labute approximate surface area is 111 Å². The molecule has 0 spiro atoms. The van der Waals surface area contributed by atoms with Crippen LogP contribution in [0.2, 0.25) is 0 Å². The minimum Gasteiger partial charge on any atom is -0.330 e. The number of aryl methyl sites for hydroxylation is 1. The largest absolute Gasteiger partial charge is 0.330 e. The molecule has 1 aliphatic heterocycles. The molecule has 0 unspecified atom stereocenters. The number of anilines is 1. The highest BCUT2D eigenvalue weighted by molar-refractivity contribution is 6.01. The molecule has 1 N–H and O–H groups in total. The Balaban J connectivity index is 1.80. The van der Waals surface area contributed by atoms with Crippen molar-refractivity contribution in [3.8, 4) is 0 Å². The van der Waals surface area contributed by atoms with Crippen molar-refractivity contribution in [3.63, 3.8) is 0 Å². The number of rotatable bonds is 2. The third kappa shape index (κ3) is 2.24. The standard InChI is InChI=1S/C14H16N4O/c1-17-8-10-3-4-12(7-11(10)9-17)16-14(19)13-15-5-6-18(13)2/h3-7H,8-9H2,1-2H3,(H,16,19). The van der Waals surface area contributed by atoms with Crippen molar-refractivity contribution in [2.75, 3.05) is 12.4 Å². The molecule has 0 atom stereocenters. The molecule has 98 valence electrons. The van der Waals surface area contributed by atoms with Gasteiger partial charge in [0.25, 0.3) is 5.91 Å². The van der Waals surface area contributed by atoms with E-state index in [1.165, 1.54) is 11.1 Å². The molecule has 19 heavy (non-hydrogen) atoms. The van der Waals surface area contributed by atoms with Gasteiger partial charge in [0, 0.05) is 38.2 Å². The zero-order chi connectivity index (χ0) is 13.4. The van der Waals surface area contributed by atoms with Gasteiger partial charge in [-0.05, 0) is 30.3 Å². The van der Waals surface area contributed by atoms with E-state index in [0.717, 1.165) is 18.8 Å². The number of amides is 1. The average molecular weight is 256 g/mol. The first-order valence-corrected chi connectivity index (χ1v) is 6.22. The average Bonchev–Trinajstić information content (AvgIpc) is 2.93. The van der Waals surface area contributed by atoms with Crippen LogP contribution in [-0.4, -0.2) is 27.4 Å². The molecule has 5 nitrogen and oxygen atoms in total. The third-order valence-electron chi connectivity index (χ3n) is 3.37. The van der Waals surface area contributed by atoms with Gasteiger partial charge in [0.2, 0.25) is 0 Å². The van der Waals surface area contributed by atoms with E-state index in [0.29, 0.717) is 5.82 Å². The highest BCUT2D eigenvalue weighted by Gasteiger charge is 2.17. The Morgan fingerprint density at radius 2 is 2.05 bits per heavy atom. The molecule has 1 amide bonds.